The topological polar surface area (TPSA) is 72.2 Å². The Morgan fingerprint density at radius 3 is 2.55 bits per heavy atom. The monoisotopic (exact) mass is 300 g/mol. The predicted octanol–water partition coefficient (Wildman–Crippen LogP) is 2.14. The van der Waals surface area contributed by atoms with Crippen LogP contribution in [0.25, 0.3) is 0 Å². The third-order valence-corrected chi connectivity index (χ3v) is 5.51. The number of rotatable bonds is 4. The molecule has 20 heavy (non-hydrogen) atoms. The molecule has 4 nitrogen and oxygen atoms in total. The van der Waals surface area contributed by atoms with Gasteiger partial charge in [0.2, 0.25) is 10.0 Å². The van der Waals surface area contributed by atoms with E-state index in [0.29, 0.717) is 5.92 Å². The van der Waals surface area contributed by atoms with Gasteiger partial charge in [0.1, 0.15) is 5.82 Å². The summed E-state index contributed by atoms with van der Waals surface area (Å²) in [5, 5.41) is 0. The molecule has 0 atom stereocenters. The molecule has 0 amide bonds. The molecule has 0 radical (unpaired) electrons. The summed E-state index contributed by atoms with van der Waals surface area (Å²) in [7, 11) is -3.71. The van der Waals surface area contributed by atoms with Crippen LogP contribution in [0.5, 0.6) is 0 Å². The van der Waals surface area contributed by atoms with Crippen LogP contribution < -0.4 is 10.5 Å². The van der Waals surface area contributed by atoms with Gasteiger partial charge in [-0.2, -0.15) is 0 Å². The van der Waals surface area contributed by atoms with Crippen molar-refractivity contribution in [1.29, 1.82) is 0 Å². The molecule has 0 spiro atoms. The van der Waals surface area contributed by atoms with Crippen molar-refractivity contribution in [3.05, 3.63) is 29.6 Å². The second kappa shape index (κ2) is 6.20. The van der Waals surface area contributed by atoms with Gasteiger partial charge in [0.15, 0.2) is 0 Å². The summed E-state index contributed by atoms with van der Waals surface area (Å²) < 4.78 is 41.1. The lowest BCUT2D eigenvalue weighted by Gasteiger charge is -2.27. The molecule has 2 rings (SSSR count). The number of hydrogen-bond acceptors (Lipinski definition) is 3. The Bertz CT molecular complexity index is 567. The van der Waals surface area contributed by atoms with Crippen molar-refractivity contribution in [2.75, 3.05) is 0 Å². The van der Waals surface area contributed by atoms with E-state index in [1.165, 1.54) is 18.2 Å². The van der Waals surface area contributed by atoms with E-state index in [0.717, 1.165) is 25.7 Å². The van der Waals surface area contributed by atoms with Gasteiger partial charge in [-0.3, -0.25) is 0 Å². The van der Waals surface area contributed by atoms with Crippen LogP contribution in [0.1, 0.15) is 38.2 Å². The van der Waals surface area contributed by atoms with E-state index >= 15 is 0 Å². The first kappa shape index (κ1) is 15.4. The molecule has 112 valence electrons. The lowest BCUT2D eigenvalue weighted by molar-refractivity contribution is 0.332. The third kappa shape index (κ3) is 3.37. The first-order chi connectivity index (χ1) is 9.44. The molecular formula is C14H21FN2O2S. The minimum atomic E-state index is -3.71. The number of hydrogen-bond donors (Lipinski definition) is 2. The number of benzene rings is 1. The number of halogens is 1. The first-order valence-corrected chi connectivity index (χ1v) is 8.42. The molecule has 1 saturated carbocycles. The van der Waals surface area contributed by atoms with Gasteiger partial charge in [-0.25, -0.2) is 17.5 Å². The molecular weight excluding hydrogens is 279 g/mol. The summed E-state index contributed by atoms with van der Waals surface area (Å²) >= 11 is 0. The van der Waals surface area contributed by atoms with E-state index in [1.807, 2.05) is 0 Å². The van der Waals surface area contributed by atoms with Gasteiger partial charge < -0.3 is 5.73 Å². The van der Waals surface area contributed by atoms with Gasteiger partial charge in [0.05, 0.1) is 4.90 Å². The van der Waals surface area contributed by atoms with E-state index in [9.17, 15) is 12.8 Å². The van der Waals surface area contributed by atoms with Crippen LogP contribution in [0.4, 0.5) is 4.39 Å². The van der Waals surface area contributed by atoms with Gasteiger partial charge in [-0.1, -0.05) is 13.0 Å². The van der Waals surface area contributed by atoms with Gasteiger partial charge in [0, 0.05) is 18.2 Å². The molecule has 6 heteroatoms. The fourth-order valence-corrected chi connectivity index (χ4v) is 4.21. The summed E-state index contributed by atoms with van der Waals surface area (Å²) in [5.74, 6) is 0.0668. The Balaban J connectivity index is 2.21. The summed E-state index contributed by atoms with van der Waals surface area (Å²) in [6.07, 6.45) is 3.68. The summed E-state index contributed by atoms with van der Waals surface area (Å²) in [6, 6.07) is 3.96. The molecule has 0 saturated heterocycles. The Morgan fingerprint density at radius 2 is 1.95 bits per heavy atom. The van der Waals surface area contributed by atoms with Crippen molar-refractivity contribution in [2.45, 2.75) is 50.1 Å². The van der Waals surface area contributed by atoms with Crippen LogP contribution in [0.15, 0.2) is 23.1 Å². The Kier molecular flexibility index (Phi) is 4.78. The number of nitrogens with two attached hydrogens (primary N) is 1. The number of nitrogens with one attached hydrogen (secondary N) is 1. The van der Waals surface area contributed by atoms with Gasteiger partial charge >= 0.3 is 0 Å². The molecule has 1 aromatic rings. The third-order valence-electron chi connectivity index (χ3n) is 3.91. The van der Waals surface area contributed by atoms with Crippen LogP contribution in [-0.2, 0) is 16.6 Å². The smallest absolute Gasteiger partial charge is 0.241 e. The van der Waals surface area contributed by atoms with Crippen molar-refractivity contribution in [1.82, 2.24) is 4.72 Å². The van der Waals surface area contributed by atoms with E-state index in [1.54, 1.807) is 0 Å². The van der Waals surface area contributed by atoms with E-state index in [2.05, 4.69) is 11.6 Å². The maximum Gasteiger partial charge on any atom is 0.241 e. The van der Waals surface area contributed by atoms with Crippen LogP contribution in [0.2, 0.25) is 0 Å². The second-order valence-electron chi connectivity index (χ2n) is 5.50. The minimum absolute atomic E-state index is 0.0429. The average molecular weight is 300 g/mol. The number of sulfonamides is 1. The highest BCUT2D eigenvalue weighted by atomic mass is 32.2. The van der Waals surface area contributed by atoms with Gasteiger partial charge in [-0.05, 0) is 43.7 Å². The fraction of sp³-hybridized carbons (Fsp3) is 0.571. The molecule has 0 bridgehead atoms. The predicted molar refractivity (Wildman–Crippen MR) is 76.0 cm³/mol. The molecule has 1 fully saturated rings. The lowest BCUT2D eigenvalue weighted by Crippen LogP contribution is -2.37. The highest BCUT2D eigenvalue weighted by molar-refractivity contribution is 7.89. The largest absolute Gasteiger partial charge is 0.326 e. The highest BCUT2D eigenvalue weighted by Gasteiger charge is 2.26. The maximum atomic E-state index is 13.6. The van der Waals surface area contributed by atoms with Crippen LogP contribution in [-0.4, -0.2) is 14.5 Å². The maximum absolute atomic E-state index is 13.6. The van der Waals surface area contributed by atoms with E-state index in [4.69, 9.17) is 5.73 Å². The zero-order chi connectivity index (χ0) is 14.8. The van der Waals surface area contributed by atoms with Crippen molar-refractivity contribution < 1.29 is 12.8 Å². The zero-order valence-corrected chi connectivity index (χ0v) is 12.4. The molecule has 0 unspecified atom stereocenters. The van der Waals surface area contributed by atoms with Crippen molar-refractivity contribution in [3.63, 3.8) is 0 Å². The van der Waals surface area contributed by atoms with Crippen LogP contribution in [0.3, 0.4) is 0 Å². The van der Waals surface area contributed by atoms with Gasteiger partial charge in [-0.15, -0.1) is 0 Å². The second-order valence-corrected chi connectivity index (χ2v) is 7.18. The lowest BCUT2D eigenvalue weighted by atomic mass is 9.88. The molecule has 0 aromatic heterocycles. The van der Waals surface area contributed by atoms with E-state index < -0.39 is 15.8 Å². The Hall–Kier alpha value is -0.980. The normalized spacial score (nSPS) is 23.8. The SMILES string of the molecule is CC1CCC(NS(=O)(=O)c2cccc(F)c2CN)CC1. The quantitative estimate of drug-likeness (QED) is 0.895. The zero-order valence-electron chi connectivity index (χ0n) is 11.6. The molecule has 3 N–H and O–H groups in total. The van der Waals surface area contributed by atoms with Crippen molar-refractivity contribution in [2.24, 2.45) is 11.7 Å². The molecule has 0 aliphatic heterocycles. The Labute approximate surface area is 119 Å². The standard InChI is InChI=1S/C14H21FN2O2S/c1-10-5-7-11(8-6-10)17-20(18,19)14-4-2-3-13(15)12(14)9-16/h2-4,10-11,17H,5-9,16H2,1H3. The molecule has 1 aromatic carbocycles. The van der Waals surface area contributed by atoms with Crippen LogP contribution >= 0.6 is 0 Å². The molecule has 0 heterocycles. The van der Waals surface area contributed by atoms with Crippen LogP contribution in [0, 0.1) is 11.7 Å². The summed E-state index contributed by atoms with van der Waals surface area (Å²) in [5.41, 5.74) is 5.51. The highest BCUT2D eigenvalue weighted by Crippen LogP contribution is 2.25. The Morgan fingerprint density at radius 1 is 1.30 bits per heavy atom. The minimum Gasteiger partial charge on any atom is -0.326 e. The molecule has 1 aliphatic rings. The fourth-order valence-electron chi connectivity index (χ4n) is 2.65. The van der Waals surface area contributed by atoms with Crippen molar-refractivity contribution >= 4 is 10.0 Å². The van der Waals surface area contributed by atoms with E-state index in [-0.39, 0.29) is 23.0 Å². The average Bonchev–Trinajstić information content (AvgIpc) is 2.41. The summed E-state index contributed by atoms with van der Waals surface area (Å²) in [4.78, 5) is -0.0429. The van der Waals surface area contributed by atoms with Crippen molar-refractivity contribution in [3.8, 4) is 0 Å². The molecule has 1 aliphatic carbocycles. The first-order valence-electron chi connectivity index (χ1n) is 6.94. The summed E-state index contributed by atoms with van der Waals surface area (Å²) in [6.45, 7) is 2.04. The van der Waals surface area contributed by atoms with Gasteiger partial charge in [0.25, 0.3) is 0 Å².